The Morgan fingerprint density at radius 2 is 2.33 bits per heavy atom. The molecule has 3 heterocycles. The standard InChI is InChI=1S/C17H26N6O/c1-21(17-6-3-7-18-20-17)13-16-14-23(9-10-24-16)8-4-5-15-11-19-22(2)12-15/h3,6-7,11-12,16H,4-5,8-10,13-14H2,1-2H3. The van der Waals surface area contributed by atoms with Gasteiger partial charge in [-0.2, -0.15) is 10.2 Å². The van der Waals surface area contributed by atoms with E-state index in [1.165, 1.54) is 5.56 Å². The van der Waals surface area contributed by atoms with Gasteiger partial charge in [-0.15, -0.1) is 5.10 Å². The largest absolute Gasteiger partial charge is 0.374 e. The van der Waals surface area contributed by atoms with Crippen molar-refractivity contribution in [1.82, 2.24) is 24.9 Å². The van der Waals surface area contributed by atoms with Gasteiger partial charge in [0.05, 0.1) is 18.9 Å². The third-order valence-electron chi connectivity index (χ3n) is 4.35. The lowest BCUT2D eigenvalue weighted by Gasteiger charge is -2.35. The van der Waals surface area contributed by atoms with Gasteiger partial charge < -0.3 is 9.64 Å². The van der Waals surface area contributed by atoms with Gasteiger partial charge >= 0.3 is 0 Å². The molecule has 1 saturated heterocycles. The summed E-state index contributed by atoms with van der Waals surface area (Å²) in [5.74, 6) is 0.884. The van der Waals surface area contributed by atoms with Crippen LogP contribution in [0.25, 0.3) is 0 Å². The fourth-order valence-electron chi connectivity index (χ4n) is 3.10. The summed E-state index contributed by atoms with van der Waals surface area (Å²) >= 11 is 0. The smallest absolute Gasteiger partial charge is 0.151 e. The third kappa shape index (κ3) is 4.75. The van der Waals surface area contributed by atoms with Crippen LogP contribution in [0.3, 0.4) is 0 Å². The average Bonchev–Trinajstić information content (AvgIpc) is 3.01. The molecule has 0 amide bonds. The van der Waals surface area contributed by atoms with Crippen molar-refractivity contribution in [2.45, 2.75) is 18.9 Å². The van der Waals surface area contributed by atoms with Crippen LogP contribution >= 0.6 is 0 Å². The molecule has 0 aromatic carbocycles. The molecule has 1 aliphatic heterocycles. The van der Waals surface area contributed by atoms with Crippen LogP contribution in [0, 0.1) is 0 Å². The van der Waals surface area contributed by atoms with E-state index in [0.29, 0.717) is 0 Å². The summed E-state index contributed by atoms with van der Waals surface area (Å²) in [6.45, 7) is 4.71. The molecule has 24 heavy (non-hydrogen) atoms. The van der Waals surface area contributed by atoms with Crippen LogP contribution in [0.15, 0.2) is 30.7 Å². The highest BCUT2D eigenvalue weighted by molar-refractivity contribution is 5.35. The van der Waals surface area contributed by atoms with Gasteiger partial charge in [-0.05, 0) is 37.1 Å². The van der Waals surface area contributed by atoms with E-state index in [0.717, 1.165) is 51.4 Å². The zero-order valence-electron chi connectivity index (χ0n) is 14.5. The predicted molar refractivity (Wildman–Crippen MR) is 93.0 cm³/mol. The average molecular weight is 330 g/mol. The van der Waals surface area contributed by atoms with E-state index in [9.17, 15) is 0 Å². The second-order valence-electron chi connectivity index (χ2n) is 6.38. The number of ether oxygens (including phenoxy) is 1. The fourth-order valence-corrected chi connectivity index (χ4v) is 3.10. The maximum Gasteiger partial charge on any atom is 0.151 e. The van der Waals surface area contributed by atoms with Gasteiger partial charge in [0.15, 0.2) is 5.82 Å². The molecular weight excluding hydrogens is 304 g/mol. The summed E-state index contributed by atoms with van der Waals surface area (Å²) in [7, 11) is 4.00. The molecule has 0 saturated carbocycles. The van der Waals surface area contributed by atoms with Crippen LogP contribution in [-0.2, 0) is 18.2 Å². The molecule has 1 aliphatic rings. The topological polar surface area (TPSA) is 59.3 Å². The van der Waals surface area contributed by atoms with Crippen molar-refractivity contribution in [2.24, 2.45) is 7.05 Å². The number of rotatable bonds is 7. The molecule has 3 rings (SSSR count). The molecular formula is C17H26N6O. The van der Waals surface area contributed by atoms with Gasteiger partial charge in [-0.1, -0.05) is 0 Å². The van der Waals surface area contributed by atoms with Gasteiger partial charge in [0.2, 0.25) is 0 Å². The minimum absolute atomic E-state index is 0.212. The van der Waals surface area contributed by atoms with E-state index in [2.05, 4.69) is 31.3 Å². The van der Waals surface area contributed by atoms with Crippen molar-refractivity contribution in [1.29, 1.82) is 0 Å². The molecule has 1 atom stereocenters. The fraction of sp³-hybridized carbons (Fsp3) is 0.588. The Morgan fingerprint density at radius 1 is 1.42 bits per heavy atom. The SMILES string of the molecule is CN(CC1CN(CCCc2cnn(C)c2)CCO1)c1cccnn1. The first-order valence-corrected chi connectivity index (χ1v) is 8.51. The van der Waals surface area contributed by atoms with Crippen molar-refractivity contribution in [3.63, 3.8) is 0 Å². The molecule has 0 aliphatic carbocycles. The molecule has 0 radical (unpaired) electrons. The molecule has 0 bridgehead atoms. The minimum Gasteiger partial charge on any atom is -0.374 e. The summed E-state index contributed by atoms with van der Waals surface area (Å²) in [5.41, 5.74) is 1.31. The van der Waals surface area contributed by atoms with Crippen LogP contribution < -0.4 is 4.90 Å². The molecule has 130 valence electrons. The van der Waals surface area contributed by atoms with Crippen LogP contribution in [0.2, 0.25) is 0 Å². The predicted octanol–water partition coefficient (Wildman–Crippen LogP) is 0.980. The number of aryl methyl sites for hydroxylation is 2. The van der Waals surface area contributed by atoms with E-state index in [1.54, 1.807) is 6.20 Å². The second-order valence-corrected chi connectivity index (χ2v) is 6.38. The van der Waals surface area contributed by atoms with Crippen LogP contribution in [0.1, 0.15) is 12.0 Å². The summed E-state index contributed by atoms with van der Waals surface area (Å²) < 4.78 is 7.79. The van der Waals surface area contributed by atoms with Crippen LogP contribution in [0.5, 0.6) is 0 Å². The highest BCUT2D eigenvalue weighted by Gasteiger charge is 2.22. The molecule has 7 nitrogen and oxygen atoms in total. The monoisotopic (exact) mass is 330 g/mol. The first kappa shape index (κ1) is 16.9. The van der Waals surface area contributed by atoms with Crippen LogP contribution in [-0.4, -0.2) is 70.8 Å². The Morgan fingerprint density at radius 3 is 3.08 bits per heavy atom. The van der Waals surface area contributed by atoms with Gasteiger partial charge in [-0.3, -0.25) is 9.58 Å². The van der Waals surface area contributed by atoms with E-state index in [1.807, 2.05) is 37.1 Å². The highest BCUT2D eigenvalue weighted by Crippen LogP contribution is 2.12. The summed E-state index contributed by atoms with van der Waals surface area (Å²) in [4.78, 5) is 4.60. The van der Waals surface area contributed by atoms with Gasteiger partial charge in [0.25, 0.3) is 0 Å². The van der Waals surface area contributed by atoms with E-state index in [4.69, 9.17) is 4.74 Å². The number of hydrogen-bond acceptors (Lipinski definition) is 6. The number of likely N-dealkylation sites (N-methyl/N-ethyl adjacent to an activating group) is 1. The first-order valence-electron chi connectivity index (χ1n) is 8.51. The Labute approximate surface area is 143 Å². The Balaban J connectivity index is 1.42. The quantitative estimate of drug-likeness (QED) is 0.754. The zero-order chi connectivity index (χ0) is 16.8. The number of anilines is 1. The lowest BCUT2D eigenvalue weighted by Crippen LogP contribution is -2.47. The van der Waals surface area contributed by atoms with E-state index in [-0.39, 0.29) is 6.10 Å². The van der Waals surface area contributed by atoms with Crippen molar-refractivity contribution in [2.75, 3.05) is 44.7 Å². The zero-order valence-corrected chi connectivity index (χ0v) is 14.5. The second kappa shape index (κ2) is 8.21. The van der Waals surface area contributed by atoms with E-state index >= 15 is 0 Å². The van der Waals surface area contributed by atoms with Crippen molar-refractivity contribution < 1.29 is 4.74 Å². The maximum atomic E-state index is 5.92. The Bertz CT molecular complexity index is 617. The molecule has 2 aromatic rings. The van der Waals surface area contributed by atoms with Crippen LogP contribution in [0.4, 0.5) is 5.82 Å². The summed E-state index contributed by atoms with van der Waals surface area (Å²) in [6.07, 6.45) is 8.19. The molecule has 2 aromatic heterocycles. The third-order valence-corrected chi connectivity index (χ3v) is 4.35. The van der Waals surface area contributed by atoms with Crippen molar-refractivity contribution in [3.05, 3.63) is 36.3 Å². The lowest BCUT2D eigenvalue weighted by atomic mass is 10.2. The molecule has 1 fully saturated rings. The normalized spacial score (nSPS) is 18.7. The Hall–Kier alpha value is -1.99. The van der Waals surface area contributed by atoms with E-state index < -0.39 is 0 Å². The summed E-state index contributed by atoms with van der Waals surface area (Å²) in [6, 6.07) is 3.88. The first-order chi connectivity index (χ1) is 11.7. The maximum absolute atomic E-state index is 5.92. The minimum atomic E-state index is 0.212. The number of aromatic nitrogens is 4. The molecule has 1 unspecified atom stereocenters. The molecule has 0 N–H and O–H groups in total. The van der Waals surface area contributed by atoms with Crippen molar-refractivity contribution in [3.8, 4) is 0 Å². The summed E-state index contributed by atoms with van der Waals surface area (Å²) in [5, 5.41) is 12.3. The van der Waals surface area contributed by atoms with Gasteiger partial charge in [0.1, 0.15) is 0 Å². The lowest BCUT2D eigenvalue weighted by molar-refractivity contribution is -0.0237. The number of morpholine rings is 1. The highest BCUT2D eigenvalue weighted by atomic mass is 16.5. The number of nitrogens with zero attached hydrogens (tertiary/aromatic N) is 6. The molecule has 7 heteroatoms. The van der Waals surface area contributed by atoms with Crippen molar-refractivity contribution >= 4 is 5.82 Å². The van der Waals surface area contributed by atoms with Gasteiger partial charge in [0, 0.05) is 46.1 Å². The number of hydrogen-bond donors (Lipinski definition) is 0. The Kier molecular flexibility index (Phi) is 5.77. The van der Waals surface area contributed by atoms with Gasteiger partial charge in [-0.25, -0.2) is 0 Å². The molecule has 0 spiro atoms.